The highest BCUT2D eigenvalue weighted by molar-refractivity contribution is 7.80. The Morgan fingerprint density at radius 3 is 2.24 bits per heavy atom. The average Bonchev–Trinajstić information content (AvgIpc) is 2.20. The predicted molar refractivity (Wildman–Crippen MR) is 73.9 cm³/mol. The highest BCUT2D eigenvalue weighted by atomic mass is 32.1. The van der Waals surface area contributed by atoms with Crippen molar-refractivity contribution >= 4 is 23.1 Å². The zero-order valence-electron chi connectivity index (χ0n) is 11.2. The van der Waals surface area contributed by atoms with Crippen LogP contribution < -0.4 is 5.73 Å². The van der Waals surface area contributed by atoms with Gasteiger partial charge in [0.1, 0.15) is 0 Å². The molecule has 0 bridgehead atoms. The predicted octanol–water partition coefficient (Wildman–Crippen LogP) is 0.851. The zero-order valence-corrected chi connectivity index (χ0v) is 12.0. The molecule has 1 rings (SSSR count). The molecule has 0 heterocycles. The van der Waals surface area contributed by atoms with Gasteiger partial charge < -0.3 is 15.5 Å². The molecular formula is C12H23N3OS. The molecule has 1 fully saturated rings. The van der Waals surface area contributed by atoms with Crippen LogP contribution in [0.5, 0.6) is 0 Å². The van der Waals surface area contributed by atoms with E-state index >= 15 is 0 Å². The largest absolute Gasteiger partial charge is 0.393 e. The molecule has 1 aliphatic carbocycles. The van der Waals surface area contributed by atoms with Crippen LogP contribution in [-0.2, 0) is 4.79 Å². The minimum atomic E-state index is -0.366. The molecule has 1 saturated carbocycles. The number of rotatable bonds is 5. The van der Waals surface area contributed by atoms with Crippen LogP contribution >= 0.6 is 12.2 Å². The van der Waals surface area contributed by atoms with E-state index in [0.717, 1.165) is 19.4 Å². The van der Waals surface area contributed by atoms with E-state index in [4.69, 9.17) is 18.0 Å². The number of nitrogens with two attached hydrogens (primary N) is 1. The van der Waals surface area contributed by atoms with Crippen LogP contribution in [0.2, 0.25) is 0 Å². The summed E-state index contributed by atoms with van der Waals surface area (Å²) >= 11 is 4.87. The molecule has 0 aromatic rings. The van der Waals surface area contributed by atoms with Gasteiger partial charge in [0.05, 0.1) is 10.9 Å². The van der Waals surface area contributed by atoms with Crippen LogP contribution in [0.25, 0.3) is 0 Å². The molecule has 0 saturated heterocycles. The van der Waals surface area contributed by atoms with Crippen molar-refractivity contribution in [3.8, 4) is 0 Å². The summed E-state index contributed by atoms with van der Waals surface area (Å²) in [6.07, 6.45) is 3.54. The lowest BCUT2D eigenvalue weighted by Crippen LogP contribution is -2.58. The first-order valence-electron chi connectivity index (χ1n) is 6.02. The molecule has 1 amide bonds. The van der Waals surface area contributed by atoms with Gasteiger partial charge >= 0.3 is 0 Å². The first kappa shape index (κ1) is 14.4. The summed E-state index contributed by atoms with van der Waals surface area (Å²) in [6, 6.07) is 0. The lowest BCUT2D eigenvalue weighted by molar-refractivity contribution is -0.134. The van der Waals surface area contributed by atoms with Gasteiger partial charge in [-0.2, -0.15) is 0 Å². The molecule has 0 radical (unpaired) electrons. The smallest absolute Gasteiger partial charge is 0.232 e. The van der Waals surface area contributed by atoms with Gasteiger partial charge in [0.25, 0.3) is 0 Å². The molecule has 4 nitrogen and oxygen atoms in total. The Hall–Kier alpha value is -0.680. The Kier molecular flexibility index (Phi) is 4.49. The summed E-state index contributed by atoms with van der Waals surface area (Å²) < 4.78 is 0. The lowest BCUT2D eigenvalue weighted by atomic mass is 9.75. The van der Waals surface area contributed by atoms with Gasteiger partial charge in [-0.1, -0.05) is 12.2 Å². The Morgan fingerprint density at radius 1 is 1.41 bits per heavy atom. The highest BCUT2D eigenvalue weighted by Crippen LogP contribution is 2.36. The number of hydrogen-bond acceptors (Lipinski definition) is 3. The molecule has 0 aliphatic heterocycles. The summed E-state index contributed by atoms with van der Waals surface area (Å²) in [5, 5.41) is 0. The average molecular weight is 257 g/mol. The van der Waals surface area contributed by atoms with Crippen molar-refractivity contribution in [1.29, 1.82) is 0 Å². The third-order valence-corrected chi connectivity index (χ3v) is 4.29. The van der Waals surface area contributed by atoms with Gasteiger partial charge in [-0.25, -0.2) is 0 Å². The summed E-state index contributed by atoms with van der Waals surface area (Å²) in [5.74, 6) is -0.347. The first-order valence-corrected chi connectivity index (χ1v) is 6.43. The maximum absolute atomic E-state index is 12.1. The fraction of sp³-hybridized carbons (Fsp3) is 0.833. The number of carbonyl (C=O) groups excluding carboxylic acids is 1. The molecule has 5 heteroatoms. The highest BCUT2D eigenvalue weighted by Gasteiger charge is 2.41. The van der Waals surface area contributed by atoms with Gasteiger partial charge in [-0.15, -0.1) is 0 Å². The van der Waals surface area contributed by atoms with Crippen LogP contribution in [-0.4, -0.2) is 53.9 Å². The van der Waals surface area contributed by atoms with Gasteiger partial charge in [0, 0.05) is 19.1 Å². The molecule has 1 atom stereocenters. The molecule has 1 unspecified atom stereocenters. The molecule has 0 aromatic heterocycles. The molecule has 17 heavy (non-hydrogen) atoms. The topological polar surface area (TPSA) is 49.6 Å². The number of hydrogen-bond donors (Lipinski definition) is 1. The summed E-state index contributed by atoms with van der Waals surface area (Å²) in [7, 11) is 5.99. The molecule has 2 N–H and O–H groups in total. The fourth-order valence-corrected chi connectivity index (χ4v) is 2.40. The van der Waals surface area contributed by atoms with Crippen LogP contribution in [0.15, 0.2) is 0 Å². The summed E-state index contributed by atoms with van der Waals surface area (Å²) in [4.78, 5) is 16.3. The number of amides is 1. The molecule has 98 valence electrons. The number of thiocarbonyl (C=S) groups is 1. The van der Waals surface area contributed by atoms with E-state index in [2.05, 4.69) is 19.0 Å². The third kappa shape index (κ3) is 2.96. The van der Waals surface area contributed by atoms with E-state index < -0.39 is 0 Å². The Bertz CT molecular complexity index is 313. The van der Waals surface area contributed by atoms with Crippen molar-refractivity contribution in [3.05, 3.63) is 0 Å². The van der Waals surface area contributed by atoms with Gasteiger partial charge in [0.15, 0.2) is 0 Å². The van der Waals surface area contributed by atoms with Crippen LogP contribution in [0.4, 0.5) is 0 Å². The number of carbonyl (C=O) groups is 1. The van der Waals surface area contributed by atoms with Gasteiger partial charge in [-0.3, -0.25) is 4.79 Å². The standard InChI is InChI=1S/C12H23N3OS/c1-9(10(13)17)11(16)15(4)8-12(14(2)3)6-5-7-12/h9H,5-8H2,1-4H3,(H2,13,17). The van der Waals surface area contributed by atoms with Crippen molar-refractivity contribution in [2.24, 2.45) is 11.7 Å². The third-order valence-electron chi connectivity index (χ3n) is 3.94. The second kappa shape index (κ2) is 5.31. The summed E-state index contributed by atoms with van der Waals surface area (Å²) in [6.45, 7) is 2.52. The van der Waals surface area contributed by atoms with E-state index in [0.29, 0.717) is 0 Å². The normalized spacial score (nSPS) is 19.6. The zero-order chi connectivity index (χ0) is 13.2. The van der Waals surface area contributed by atoms with Crippen LogP contribution in [0, 0.1) is 5.92 Å². The fourth-order valence-electron chi connectivity index (χ4n) is 2.30. The van der Waals surface area contributed by atoms with Crippen molar-refractivity contribution < 1.29 is 4.79 Å². The molecule has 1 aliphatic rings. The SMILES string of the molecule is CC(C(=O)N(C)CC1(N(C)C)CCC1)C(N)=S. The quantitative estimate of drug-likeness (QED) is 0.742. The second-order valence-corrected chi connectivity index (χ2v) is 5.76. The van der Waals surface area contributed by atoms with Crippen LogP contribution in [0.3, 0.4) is 0 Å². The van der Waals surface area contributed by atoms with E-state index in [1.54, 1.807) is 11.8 Å². The molecule has 0 aromatic carbocycles. The first-order chi connectivity index (χ1) is 7.80. The Labute approximate surface area is 109 Å². The number of nitrogens with zero attached hydrogens (tertiary/aromatic N) is 2. The van der Waals surface area contributed by atoms with E-state index in [9.17, 15) is 4.79 Å². The van der Waals surface area contributed by atoms with Crippen molar-refractivity contribution in [3.63, 3.8) is 0 Å². The maximum Gasteiger partial charge on any atom is 0.232 e. The van der Waals surface area contributed by atoms with E-state index in [1.807, 2.05) is 7.05 Å². The lowest BCUT2D eigenvalue weighted by Gasteiger charge is -2.49. The Morgan fingerprint density at radius 2 is 1.94 bits per heavy atom. The maximum atomic E-state index is 12.1. The van der Waals surface area contributed by atoms with Crippen LogP contribution in [0.1, 0.15) is 26.2 Å². The van der Waals surface area contributed by atoms with Crippen molar-refractivity contribution in [1.82, 2.24) is 9.80 Å². The minimum absolute atomic E-state index is 0.0191. The van der Waals surface area contributed by atoms with Gasteiger partial charge in [-0.05, 0) is 40.3 Å². The minimum Gasteiger partial charge on any atom is -0.393 e. The van der Waals surface area contributed by atoms with Crippen molar-refractivity contribution in [2.45, 2.75) is 31.7 Å². The van der Waals surface area contributed by atoms with E-state index in [1.165, 1.54) is 6.42 Å². The summed E-state index contributed by atoms with van der Waals surface area (Å²) in [5.41, 5.74) is 5.67. The van der Waals surface area contributed by atoms with E-state index in [-0.39, 0.29) is 22.4 Å². The second-order valence-electron chi connectivity index (χ2n) is 5.29. The molecule has 0 spiro atoms. The van der Waals surface area contributed by atoms with Crippen molar-refractivity contribution in [2.75, 3.05) is 27.7 Å². The Balaban J connectivity index is 2.62. The monoisotopic (exact) mass is 257 g/mol. The number of likely N-dealkylation sites (N-methyl/N-ethyl adjacent to an activating group) is 2. The molecular weight excluding hydrogens is 234 g/mol. The van der Waals surface area contributed by atoms with Gasteiger partial charge in [0.2, 0.25) is 5.91 Å².